The van der Waals surface area contributed by atoms with E-state index < -0.39 is 0 Å². The number of carbonyl (C=O) groups excluding carboxylic acids is 1. The molecular weight excluding hydrogens is 248 g/mol. The summed E-state index contributed by atoms with van der Waals surface area (Å²) in [6.45, 7) is 4.36. The van der Waals surface area contributed by atoms with Crippen LogP contribution in [0.1, 0.15) is 23.2 Å². The maximum absolute atomic E-state index is 11.1. The Hall–Kier alpha value is -1.06. The number of likely N-dealkylation sites (tertiary alicyclic amines) is 1. The molecule has 1 aliphatic rings. The first kappa shape index (κ1) is 13.4. The molecule has 0 radical (unpaired) electrons. The third-order valence-corrected chi connectivity index (χ3v) is 3.84. The van der Waals surface area contributed by atoms with Crippen molar-refractivity contribution in [2.24, 2.45) is 0 Å². The Morgan fingerprint density at radius 2 is 2.11 bits per heavy atom. The number of nitrogens with zero attached hydrogens (tertiary/aromatic N) is 2. The summed E-state index contributed by atoms with van der Waals surface area (Å²) in [7, 11) is 2.01. The predicted molar refractivity (Wildman–Crippen MR) is 75.8 cm³/mol. The van der Waals surface area contributed by atoms with Crippen LogP contribution in [0.3, 0.4) is 0 Å². The summed E-state index contributed by atoms with van der Waals surface area (Å²) in [6, 6.07) is 5.58. The number of likely N-dealkylation sites (N-methyl/N-ethyl adjacent to an activating group) is 1. The molecule has 18 heavy (non-hydrogen) atoms. The van der Waals surface area contributed by atoms with E-state index in [1.807, 2.05) is 19.2 Å². The number of anilines is 1. The number of benzene rings is 1. The molecule has 0 atom stereocenters. The van der Waals surface area contributed by atoms with E-state index in [1.54, 1.807) is 6.07 Å². The SMILES string of the molecule is CN(CCN1CCCC1)c1cccc(Cl)c1C=O. The fourth-order valence-corrected chi connectivity index (χ4v) is 2.61. The van der Waals surface area contributed by atoms with Crippen molar-refractivity contribution in [3.8, 4) is 0 Å². The molecule has 1 saturated heterocycles. The molecule has 0 N–H and O–H groups in total. The van der Waals surface area contributed by atoms with Gasteiger partial charge in [-0.3, -0.25) is 4.79 Å². The first-order valence-electron chi connectivity index (χ1n) is 6.39. The van der Waals surface area contributed by atoms with Crippen LogP contribution >= 0.6 is 11.6 Å². The summed E-state index contributed by atoms with van der Waals surface area (Å²) >= 11 is 6.03. The second-order valence-electron chi connectivity index (χ2n) is 4.76. The van der Waals surface area contributed by atoms with E-state index >= 15 is 0 Å². The molecule has 98 valence electrons. The minimum absolute atomic E-state index is 0.524. The number of carbonyl (C=O) groups is 1. The number of hydrogen-bond acceptors (Lipinski definition) is 3. The van der Waals surface area contributed by atoms with E-state index in [9.17, 15) is 4.79 Å². The van der Waals surface area contributed by atoms with Gasteiger partial charge in [0.25, 0.3) is 0 Å². The van der Waals surface area contributed by atoms with E-state index in [0.29, 0.717) is 10.6 Å². The van der Waals surface area contributed by atoms with Crippen LogP contribution in [0.5, 0.6) is 0 Å². The molecule has 0 unspecified atom stereocenters. The Labute approximate surface area is 113 Å². The van der Waals surface area contributed by atoms with E-state index in [4.69, 9.17) is 11.6 Å². The van der Waals surface area contributed by atoms with Crippen molar-refractivity contribution in [2.45, 2.75) is 12.8 Å². The van der Waals surface area contributed by atoms with Gasteiger partial charge in [0.2, 0.25) is 0 Å². The topological polar surface area (TPSA) is 23.6 Å². The van der Waals surface area contributed by atoms with E-state index in [0.717, 1.165) is 25.1 Å². The van der Waals surface area contributed by atoms with Crippen molar-refractivity contribution in [2.75, 3.05) is 38.1 Å². The van der Waals surface area contributed by atoms with Crippen LogP contribution in [0.2, 0.25) is 5.02 Å². The minimum atomic E-state index is 0.524. The molecule has 2 rings (SSSR count). The summed E-state index contributed by atoms with van der Waals surface area (Å²) in [4.78, 5) is 15.7. The van der Waals surface area contributed by atoms with E-state index in [-0.39, 0.29) is 0 Å². The molecule has 1 heterocycles. The van der Waals surface area contributed by atoms with Gasteiger partial charge in [0.15, 0.2) is 6.29 Å². The molecule has 0 aliphatic carbocycles. The largest absolute Gasteiger partial charge is 0.373 e. The van der Waals surface area contributed by atoms with Crippen LogP contribution in [-0.2, 0) is 0 Å². The highest BCUT2D eigenvalue weighted by Crippen LogP contribution is 2.25. The molecule has 0 aromatic heterocycles. The zero-order valence-electron chi connectivity index (χ0n) is 10.7. The summed E-state index contributed by atoms with van der Waals surface area (Å²) in [6.07, 6.45) is 3.45. The Morgan fingerprint density at radius 3 is 2.78 bits per heavy atom. The van der Waals surface area contributed by atoms with Crippen LogP contribution in [0.25, 0.3) is 0 Å². The highest BCUT2D eigenvalue weighted by atomic mass is 35.5. The Kier molecular flexibility index (Phi) is 4.61. The van der Waals surface area contributed by atoms with Crippen LogP contribution in [0.15, 0.2) is 18.2 Å². The fraction of sp³-hybridized carbons (Fsp3) is 0.500. The number of halogens is 1. The smallest absolute Gasteiger partial charge is 0.153 e. The molecule has 1 aromatic carbocycles. The van der Waals surface area contributed by atoms with Gasteiger partial charge in [-0.25, -0.2) is 0 Å². The van der Waals surface area contributed by atoms with Crippen LogP contribution in [0.4, 0.5) is 5.69 Å². The molecule has 0 spiro atoms. The number of aldehydes is 1. The van der Waals surface area contributed by atoms with E-state index in [1.165, 1.54) is 25.9 Å². The van der Waals surface area contributed by atoms with Gasteiger partial charge in [-0.2, -0.15) is 0 Å². The third-order valence-electron chi connectivity index (χ3n) is 3.51. The van der Waals surface area contributed by atoms with Gasteiger partial charge < -0.3 is 9.80 Å². The maximum atomic E-state index is 11.1. The highest BCUT2D eigenvalue weighted by molar-refractivity contribution is 6.33. The molecule has 0 bridgehead atoms. The lowest BCUT2D eigenvalue weighted by molar-refractivity contribution is 0.112. The summed E-state index contributed by atoms with van der Waals surface area (Å²) < 4.78 is 0. The van der Waals surface area contributed by atoms with Crippen molar-refractivity contribution in [1.29, 1.82) is 0 Å². The van der Waals surface area contributed by atoms with Crippen molar-refractivity contribution in [1.82, 2.24) is 4.90 Å². The molecule has 1 fully saturated rings. The van der Waals surface area contributed by atoms with Crippen molar-refractivity contribution < 1.29 is 4.79 Å². The van der Waals surface area contributed by atoms with Crippen LogP contribution in [0, 0.1) is 0 Å². The number of hydrogen-bond donors (Lipinski definition) is 0. The van der Waals surface area contributed by atoms with Gasteiger partial charge >= 0.3 is 0 Å². The molecular formula is C14H19ClN2O. The number of rotatable bonds is 5. The summed E-state index contributed by atoms with van der Waals surface area (Å²) in [5, 5.41) is 0.524. The molecule has 1 aromatic rings. The quantitative estimate of drug-likeness (QED) is 0.766. The lowest BCUT2D eigenvalue weighted by Gasteiger charge is -2.24. The molecule has 0 amide bonds. The molecule has 3 nitrogen and oxygen atoms in total. The molecule has 0 saturated carbocycles. The van der Waals surface area contributed by atoms with Crippen molar-refractivity contribution in [3.05, 3.63) is 28.8 Å². The van der Waals surface area contributed by atoms with E-state index in [2.05, 4.69) is 9.80 Å². The Bertz CT molecular complexity index is 416. The Morgan fingerprint density at radius 1 is 1.39 bits per heavy atom. The monoisotopic (exact) mass is 266 g/mol. The average molecular weight is 267 g/mol. The zero-order chi connectivity index (χ0) is 13.0. The second-order valence-corrected chi connectivity index (χ2v) is 5.17. The highest BCUT2D eigenvalue weighted by Gasteiger charge is 2.14. The van der Waals surface area contributed by atoms with Gasteiger partial charge in [0.05, 0.1) is 10.6 Å². The minimum Gasteiger partial charge on any atom is -0.373 e. The third kappa shape index (κ3) is 3.03. The Balaban J connectivity index is 2.01. The summed E-state index contributed by atoms with van der Waals surface area (Å²) in [5.41, 5.74) is 1.50. The van der Waals surface area contributed by atoms with Crippen LogP contribution in [-0.4, -0.2) is 44.4 Å². The first-order valence-corrected chi connectivity index (χ1v) is 6.77. The first-order chi connectivity index (χ1) is 8.72. The maximum Gasteiger partial charge on any atom is 0.153 e. The lowest BCUT2D eigenvalue weighted by Crippen LogP contribution is -2.31. The van der Waals surface area contributed by atoms with Gasteiger partial charge in [-0.1, -0.05) is 17.7 Å². The fourth-order valence-electron chi connectivity index (χ4n) is 2.39. The molecule has 1 aliphatic heterocycles. The second kappa shape index (κ2) is 6.21. The van der Waals surface area contributed by atoms with Crippen LogP contribution < -0.4 is 4.90 Å². The zero-order valence-corrected chi connectivity index (χ0v) is 11.5. The van der Waals surface area contributed by atoms with Gasteiger partial charge in [0.1, 0.15) is 0 Å². The van der Waals surface area contributed by atoms with Crippen molar-refractivity contribution in [3.63, 3.8) is 0 Å². The normalized spacial score (nSPS) is 15.9. The average Bonchev–Trinajstić information content (AvgIpc) is 2.88. The van der Waals surface area contributed by atoms with Gasteiger partial charge in [-0.05, 0) is 38.1 Å². The summed E-state index contributed by atoms with van der Waals surface area (Å²) in [5.74, 6) is 0. The predicted octanol–water partition coefficient (Wildman–Crippen LogP) is 2.68. The molecule has 4 heteroatoms. The lowest BCUT2D eigenvalue weighted by atomic mass is 10.2. The standard InChI is InChI=1S/C14H19ClN2O/c1-16(9-10-17-7-2-3-8-17)14-6-4-5-13(15)12(14)11-18/h4-6,11H,2-3,7-10H2,1H3. The van der Waals surface area contributed by atoms with Gasteiger partial charge in [0, 0.05) is 25.8 Å². The van der Waals surface area contributed by atoms with Gasteiger partial charge in [-0.15, -0.1) is 0 Å². The van der Waals surface area contributed by atoms with Crippen molar-refractivity contribution >= 4 is 23.6 Å².